The Balaban J connectivity index is 1.44. The fraction of sp³-hybridized carbons (Fsp3) is 0.0714. The normalized spacial score (nSPS) is 15.2. The summed E-state index contributed by atoms with van der Waals surface area (Å²) < 4.78 is 0. The zero-order valence-electron chi connectivity index (χ0n) is 19.6. The Hall–Kier alpha value is -4.76. The molecule has 1 aliphatic heterocycles. The lowest BCUT2D eigenvalue weighted by atomic mass is 10.0. The number of aliphatic imine (C=N–C) groups is 1. The highest BCUT2D eigenvalue weighted by Gasteiger charge is 2.33. The number of nitrogens with one attached hydrogen (secondary N) is 2. The number of para-hydroxylation sites is 2. The van der Waals surface area contributed by atoms with Crippen LogP contribution in [0.2, 0.25) is 0 Å². The van der Waals surface area contributed by atoms with E-state index in [0.717, 1.165) is 22.0 Å². The number of nitrogens with zero attached hydrogens (tertiary/aromatic N) is 3. The van der Waals surface area contributed by atoms with Gasteiger partial charge in [0.15, 0.2) is 5.13 Å². The van der Waals surface area contributed by atoms with E-state index in [4.69, 9.17) is 10.7 Å². The van der Waals surface area contributed by atoms with Crippen LogP contribution >= 0.6 is 11.3 Å². The van der Waals surface area contributed by atoms with Gasteiger partial charge >= 0.3 is 0 Å². The van der Waals surface area contributed by atoms with Crippen molar-refractivity contribution in [2.75, 3.05) is 10.6 Å². The number of fused-ring (bicyclic) bond motifs is 2. The van der Waals surface area contributed by atoms with Crippen molar-refractivity contribution in [3.8, 4) is 0 Å². The van der Waals surface area contributed by atoms with Gasteiger partial charge in [-0.3, -0.25) is 9.59 Å². The maximum absolute atomic E-state index is 14.0. The molecule has 0 saturated carbocycles. The zero-order valence-corrected chi connectivity index (χ0v) is 20.4. The van der Waals surface area contributed by atoms with E-state index in [1.54, 1.807) is 11.0 Å². The minimum Gasteiger partial charge on any atom is -0.375 e. The summed E-state index contributed by atoms with van der Waals surface area (Å²) in [7, 11) is 0. The van der Waals surface area contributed by atoms with Crippen molar-refractivity contribution in [1.29, 1.82) is 0 Å². The lowest BCUT2D eigenvalue weighted by Gasteiger charge is -2.24. The number of rotatable bonds is 5. The first-order valence-electron chi connectivity index (χ1n) is 11.7. The monoisotopic (exact) mass is 506 g/mol. The van der Waals surface area contributed by atoms with Crippen LogP contribution in [0, 0.1) is 0 Å². The summed E-state index contributed by atoms with van der Waals surface area (Å²) in [5, 5.41) is 6.01. The molecule has 2 amide bonds. The van der Waals surface area contributed by atoms with E-state index in [1.165, 1.54) is 11.3 Å². The molecule has 9 heteroatoms. The first-order chi connectivity index (χ1) is 18.1. The van der Waals surface area contributed by atoms with Crippen LogP contribution in [-0.2, 0) is 11.3 Å². The highest BCUT2D eigenvalue weighted by atomic mass is 32.1. The maximum atomic E-state index is 14.0. The lowest BCUT2D eigenvalue weighted by molar-refractivity contribution is -0.120. The van der Waals surface area contributed by atoms with Crippen LogP contribution in [-0.4, -0.2) is 33.7 Å². The summed E-state index contributed by atoms with van der Waals surface area (Å²) in [5.74, 6) is -0.788. The van der Waals surface area contributed by atoms with E-state index in [2.05, 4.69) is 15.3 Å². The number of hydrogen-bond acceptors (Lipinski definition) is 6. The van der Waals surface area contributed by atoms with E-state index in [0.29, 0.717) is 27.9 Å². The summed E-state index contributed by atoms with van der Waals surface area (Å²) in [6.45, 7) is 0.194. The Morgan fingerprint density at radius 1 is 1.03 bits per heavy atom. The van der Waals surface area contributed by atoms with Crippen molar-refractivity contribution < 1.29 is 9.59 Å². The number of thiazole rings is 1. The number of nitrogen functional groups attached to an aromatic ring is 1. The number of nitrogens with two attached hydrogens (primary N) is 1. The van der Waals surface area contributed by atoms with Gasteiger partial charge < -0.3 is 20.9 Å². The van der Waals surface area contributed by atoms with Gasteiger partial charge in [0, 0.05) is 27.4 Å². The van der Waals surface area contributed by atoms with E-state index in [9.17, 15) is 9.59 Å². The Morgan fingerprint density at radius 3 is 2.57 bits per heavy atom. The Kier molecular flexibility index (Phi) is 5.74. The van der Waals surface area contributed by atoms with Crippen molar-refractivity contribution in [1.82, 2.24) is 15.3 Å². The molecule has 4 N–H and O–H groups in total. The molecule has 0 saturated heterocycles. The summed E-state index contributed by atoms with van der Waals surface area (Å²) in [4.78, 5) is 41.2. The molecule has 5 aromatic rings. The van der Waals surface area contributed by atoms with E-state index >= 15 is 0 Å². The number of carbonyl (C=O) groups is 2. The second kappa shape index (κ2) is 9.36. The molecule has 182 valence electrons. The molecule has 0 spiro atoms. The number of anilines is 2. The summed E-state index contributed by atoms with van der Waals surface area (Å²) in [5.41, 5.74) is 10.6. The quantitative estimate of drug-likeness (QED) is 0.329. The van der Waals surface area contributed by atoms with Crippen LogP contribution in [0.25, 0.3) is 10.9 Å². The van der Waals surface area contributed by atoms with Crippen molar-refractivity contribution in [2.24, 2.45) is 4.99 Å². The molecular formula is C28H22N6O2S. The molecule has 8 nitrogen and oxygen atoms in total. The van der Waals surface area contributed by atoms with Crippen LogP contribution < -0.4 is 16.0 Å². The Bertz CT molecular complexity index is 1620. The van der Waals surface area contributed by atoms with Gasteiger partial charge in [0.2, 0.25) is 6.17 Å². The number of amides is 2. The number of H-pyrrole nitrogens is 1. The fourth-order valence-electron chi connectivity index (χ4n) is 4.47. The third-order valence-corrected chi connectivity index (χ3v) is 6.91. The highest BCUT2D eigenvalue weighted by Crippen LogP contribution is 2.30. The van der Waals surface area contributed by atoms with E-state index in [1.807, 2.05) is 84.2 Å². The largest absolute Gasteiger partial charge is 0.375 e. The molecule has 1 aliphatic rings. The zero-order chi connectivity index (χ0) is 25.4. The number of benzene rings is 3. The Labute approximate surface area is 216 Å². The summed E-state index contributed by atoms with van der Waals surface area (Å²) in [6, 6.07) is 26.6. The smallest absolute Gasteiger partial charge is 0.272 e. The molecular weight excluding hydrogens is 484 g/mol. The molecule has 0 radical (unpaired) electrons. The third-order valence-electron chi connectivity index (χ3n) is 6.19. The van der Waals surface area contributed by atoms with Crippen LogP contribution in [0.4, 0.5) is 10.8 Å². The second-order valence-electron chi connectivity index (χ2n) is 8.61. The highest BCUT2D eigenvalue weighted by molar-refractivity contribution is 7.13. The predicted octanol–water partition coefficient (Wildman–Crippen LogP) is 4.35. The van der Waals surface area contributed by atoms with Crippen LogP contribution in [0.15, 0.2) is 95.3 Å². The van der Waals surface area contributed by atoms with Crippen LogP contribution in [0.1, 0.15) is 27.3 Å². The van der Waals surface area contributed by atoms with Gasteiger partial charge in [-0.25, -0.2) is 9.98 Å². The molecule has 3 heterocycles. The standard InChI is InChI=1S/C28H22N6O2S/c29-28-30-19(16-37-28)15-34-23-13-7-5-11-20(23)24(17-8-2-1-3-9-17)32-25(27(34)36)33-26(35)22-14-18-10-4-6-12-21(18)31-22/h1-14,16,25,31H,15H2,(H2,29,30)(H,33,35)/t25-/m1/s1. The summed E-state index contributed by atoms with van der Waals surface area (Å²) in [6.07, 6.45) is -1.16. The average Bonchev–Trinajstić information content (AvgIpc) is 3.53. The van der Waals surface area contributed by atoms with Crippen LogP contribution in [0.5, 0.6) is 0 Å². The average molecular weight is 507 g/mol. The number of benzodiazepines with no additional fused rings is 1. The van der Waals surface area contributed by atoms with Crippen molar-refractivity contribution in [2.45, 2.75) is 12.7 Å². The number of carbonyl (C=O) groups excluding carboxylic acids is 2. The minimum absolute atomic E-state index is 0.194. The first-order valence-corrected chi connectivity index (χ1v) is 12.6. The molecule has 37 heavy (non-hydrogen) atoms. The van der Waals surface area contributed by atoms with Crippen LogP contribution in [0.3, 0.4) is 0 Å². The molecule has 2 aromatic heterocycles. The molecule has 6 rings (SSSR count). The summed E-state index contributed by atoms with van der Waals surface area (Å²) >= 11 is 1.31. The predicted molar refractivity (Wildman–Crippen MR) is 146 cm³/mol. The SMILES string of the molecule is Nc1nc(CN2C(=O)[C@@H](NC(=O)c3cc4ccccc4[nH]3)N=C(c3ccccc3)c3ccccc32)cs1. The van der Waals surface area contributed by atoms with Gasteiger partial charge in [0.05, 0.1) is 23.6 Å². The van der Waals surface area contributed by atoms with E-state index in [-0.39, 0.29) is 12.5 Å². The first kappa shape index (κ1) is 22.7. The molecule has 0 fully saturated rings. The minimum atomic E-state index is -1.16. The van der Waals surface area contributed by atoms with Gasteiger partial charge in [-0.15, -0.1) is 11.3 Å². The van der Waals surface area contributed by atoms with Gasteiger partial charge in [-0.05, 0) is 18.2 Å². The lowest BCUT2D eigenvalue weighted by Crippen LogP contribution is -2.47. The topological polar surface area (TPSA) is 116 Å². The molecule has 0 aliphatic carbocycles. The number of hydrogen-bond donors (Lipinski definition) is 3. The molecule has 0 bridgehead atoms. The molecule has 3 aromatic carbocycles. The maximum Gasteiger partial charge on any atom is 0.272 e. The third kappa shape index (κ3) is 4.36. The molecule has 1 atom stereocenters. The number of aromatic amines is 1. The molecule has 0 unspecified atom stereocenters. The number of aromatic nitrogens is 2. The van der Waals surface area contributed by atoms with Gasteiger partial charge in [0.1, 0.15) is 5.69 Å². The van der Waals surface area contributed by atoms with Gasteiger partial charge in [-0.1, -0.05) is 66.7 Å². The van der Waals surface area contributed by atoms with E-state index < -0.39 is 12.1 Å². The van der Waals surface area contributed by atoms with Crippen molar-refractivity contribution >= 4 is 50.6 Å². The second-order valence-corrected chi connectivity index (χ2v) is 9.50. The van der Waals surface area contributed by atoms with Gasteiger partial charge in [0.25, 0.3) is 11.8 Å². The fourth-order valence-corrected chi connectivity index (χ4v) is 5.02. The Morgan fingerprint density at radius 2 is 1.78 bits per heavy atom. The van der Waals surface area contributed by atoms with Gasteiger partial charge in [-0.2, -0.15) is 0 Å². The van der Waals surface area contributed by atoms with Crippen molar-refractivity contribution in [3.05, 3.63) is 113 Å². The van der Waals surface area contributed by atoms with Crippen molar-refractivity contribution in [3.63, 3.8) is 0 Å².